The summed E-state index contributed by atoms with van der Waals surface area (Å²) in [5, 5.41) is 20.7. The molecule has 0 aliphatic carbocycles. The number of benzene rings is 1. The van der Waals surface area contributed by atoms with Gasteiger partial charge in [0.15, 0.2) is 5.76 Å². The second-order valence-electron chi connectivity index (χ2n) is 3.90. The summed E-state index contributed by atoms with van der Waals surface area (Å²) in [4.78, 5) is 22.5. The molecule has 0 saturated heterocycles. The summed E-state index contributed by atoms with van der Waals surface area (Å²) in [6.45, 7) is 1.71. The molecule has 0 aliphatic heterocycles. The van der Waals surface area contributed by atoms with Crippen LogP contribution in [-0.2, 0) is 0 Å². The first kappa shape index (κ1) is 12.7. The minimum atomic E-state index is -1.24. The highest BCUT2D eigenvalue weighted by molar-refractivity contribution is 6.02. The van der Waals surface area contributed by atoms with Crippen molar-refractivity contribution in [1.29, 1.82) is 0 Å². The molecule has 0 radical (unpaired) electrons. The standard InChI is InChI=1S/C13H11NO5/c1-7-2-5-11(19-7)12(16)14-8-3-4-9(13(17)18)10(15)6-8/h2-6,15H,1H3,(H,14,16)(H,17,18). The van der Waals surface area contributed by atoms with Gasteiger partial charge in [0.25, 0.3) is 5.91 Å². The second-order valence-corrected chi connectivity index (χ2v) is 3.90. The molecule has 1 amide bonds. The Morgan fingerprint density at radius 2 is 1.95 bits per heavy atom. The quantitative estimate of drug-likeness (QED) is 0.786. The zero-order chi connectivity index (χ0) is 14.0. The molecule has 6 nitrogen and oxygen atoms in total. The third-order valence-electron chi connectivity index (χ3n) is 2.45. The third-order valence-corrected chi connectivity index (χ3v) is 2.45. The van der Waals surface area contributed by atoms with Crippen molar-refractivity contribution >= 4 is 17.6 Å². The van der Waals surface area contributed by atoms with Crippen LogP contribution in [0.1, 0.15) is 26.7 Å². The molecule has 0 aliphatic rings. The average molecular weight is 261 g/mol. The van der Waals surface area contributed by atoms with E-state index in [9.17, 15) is 14.7 Å². The molecule has 2 rings (SSSR count). The predicted octanol–water partition coefficient (Wildman–Crippen LogP) is 2.24. The lowest BCUT2D eigenvalue weighted by atomic mass is 10.2. The molecular weight excluding hydrogens is 250 g/mol. The lowest BCUT2D eigenvalue weighted by Gasteiger charge is -2.05. The van der Waals surface area contributed by atoms with Gasteiger partial charge >= 0.3 is 5.97 Å². The van der Waals surface area contributed by atoms with Gasteiger partial charge in [0.2, 0.25) is 0 Å². The van der Waals surface area contributed by atoms with Crippen LogP contribution in [0.15, 0.2) is 34.7 Å². The van der Waals surface area contributed by atoms with Crippen LogP contribution in [-0.4, -0.2) is 22.1 Å². The number of anilines is 1. The SMILES string of the molecule is Cc1ccc(C(=O)Nc2ccc(C(=O)O)c(O)c2)o1. The summed E-state index contributed by atoms with van der Waals surface area (Å²) < 4.78 is 5.14. The van der Waals surface area contributed by atoms with Gasteiger partial charge in [-0.15, -0.1) is 0 Å². The van der Waals surface area contributed by atoms with Gasteiger partial charge in [-0.05, 0) is 31.2 Å². The fourth-order valence-electron chi connectivity index (χ4n) is 1.54. The van der Waals surface area contributed by atoms with Gasteiger partial charge in [-0.2, -0.15) is 0 Å². The Hall–Kier alpha value is -2.76. The van der Waals surface area contributed by atoms with Gasteiger partial charge in [-0.25, -0.2) is 4.79 Å². The Kier molecular flexibility index (Phi) is 3.24. The first-order valence-corrected chi connectivity index (χ1v) is 5.41. The largest absolute Gasteiger partial charge is 0.507 e. The Balaban J connectivity index is 2.18. The van der Waals surface area contributed by atoms with Gasteiger partial charge < -0.3 is 19.9 Å². The summed E-state index contributed by atoms with van der Waals surface area (Å²) in [5.74, 6) is -1.39. The normalized spacial score (nSPS) is 10.2. The molecule has 1 aromatic carbocycles. The number of aromatic hydroxyl groups is 1. The monoisotopic (exact) mass is 261 g/mol. The van der Waals surface area contributed by atoms with Crippen LogP contribution in [0.3, 0.4) is 0 Å². The molecule has 0 unspecified atom stereocenters. The Morgan fingerprint density at radius 3 is 2.47 bits per heavy atom. The van der Waals surface area contributed by atoms with E-state index in [4.69, 9.17) is 9.52 Å². The van der Waals surface area contributed by atoms with Crippen molar-refractivity contribution in [3.63, 3.8) is 0 Å². The van der Waals surface area contributed by atoms with Crippen LogP contribution in [0, 0.1) is 6.92 Å². The Labute approximate surface area is 108 Å². The molecule has 2 aromatic rings. The van der Waals surface area contributed by atoms with Crippen LogP contribution < -0.4 is 5.32 Å². The number of aryl methyl sites for hydroxylation is 1. The molecular formula is C13H11NO5. The minimum absolute atomic E-state index is 0.138. The molecule has 98 valence electrons. The van der Waals surface area contributed by atoms with E-state index in [0.29, 0.717) is 5.76 Å². The molecule has 3 N–H and O–H groups in total. The van der Waals surface area contributed by atoms with E-state index in [1.165, 1.54) is 18.2 Å². The van der Waals surface area contributed by atoms with Crippen molar-refractivity contribution in [2.45, 2.75) is 6.92 Å². The van der Waals surface area contributed by atoms with Crippen molar-refractivity contribution in [3.05, 3.63) is 47.4 Å². The zero-order valence-electron chi connectivity index (χ0n) is 10.0. The van der Waals surface area contributed by atoms with Crippen molar-refractivity contribution in [2.75, 3.05) is 5.32 Å². The van der Waals surface area contributed by atoms with Gasteiger partial charge in [0.1, 0.15) is 17.1 Å². The van der Waals surface area contributed by atoms with Crippen molar-refractivity contribution in [2.24, 2.45) is 0 Å². The Bertz CT molecular complexity index is 644. The molecule has 1 heterocycles. The van der Waals surface area contributed by atoms with E-state index in [-0.39, 0.29) is 17.0 Å². The maximum atomic E-state index is 11.8. The number of carbonyl (C=O) groups excluding carboxylic acids is 1. The number of furan rings is 1. The van der Waals surface area contributed by atoms with Crippen LogP contribution in [0.4, 0.5) is 5.69 Å². The highest BCUT2D eigenvalue weighted by Crippen LogP contribution is 2.22. The number of carboxylic acids is 1. The van der Waals surface area contributed by atoms with Crippen molar-refractivity contribution in [1.82, 2.24) is 0 Å². The number of nitrogens with one attached hydrogen (secondary N) is 1. The van der Waals surface area contributed by atoms with E-state index in [1.807, 2.05) is 0 Å². The van der Waals surface area contributed by atoms with Crippen molar-refractivity contribution < 1.29 is 24.2 Å². The van der Waals surface area contributed by atoms with Crippen LogP contribution >= 0.6 is 0 Å². The second kappa shape index (κ2) is 4.85. The smallest absolute Gasteiger partial charge is 0.339 e. The Morgan fingerprint density at radius 1 is 1.21 bits per heavy atom. The zero-order valence-corrected chi connectivity index (χ0v) is 10.0. The average Bonchev–Trinajstić information content (AvgIpc) is 2.75. The summed E-state index contributed by atoms with van der Waals surface area (Å²) >= 11 is 0. The minimum Gasteiger partial charge on any atom is -0.507 e. The summed E-state index contributed by atoms with van der Waals surface area (Å²) in [6.07, 6.45) is 0. The fraction of sp³-hybridized carbons (Fsp3) is 0.0769. The molecule has 1 aromatic heterocycles. The number of carboxylic acid groups (broad SMARTS) is 1. The lowest BCUT2D eigenvalue weighted by Crippen LogP contribution is -2.11. The first-order valence-electron chi connectivity index (χ1n) is 5.41. The van der Waals surface area contributed by atoms with Crippen LogP contribution in [0.25, 0.3) is 0 Å². The molecule has 0 spiro atoms. The number of phenols is 1. The molecule has 0 saturated carbocycles. The number of aromatic carboxylic acids is 1. The number of amides is 1. The van der Waals surface area contributed by atoms with Gasteiger partial charge in [0, 0.05) is 11.8 Å². The van der Waals surface area contributed by atoms with E-state index in [1.54, 1.807) is 13.0 Å². The molecule has 0 bridgehead atoms. The topological polar surface area (TPSA) is 99.8 Å². The van der Waals surface area contributed by atoms with Gasteiger partial charge in [-0.1, -0.05) is 0 Å². The summed E-state index contributed by atoms with van der Waals surface area (Å²) in [6, 6.07) is 6.94. The van der Waals surface area contributed by atoms with E-state index < -0.39 is 17.6 Å². The van der Waals surface area contributed by atoms with E-state index in [0.717, 1.165) is 6.07 Å². The summed E-state index contributed by atoms with van der Waals surface area (Å²) in [7, 11) is 0. The fourth-order valence-corrected chi connectivity index (χ4v) is 1.54. The van der Waals surface area contributed by atoms with Crippen molar-refractivity contribution in [3.8, 4) is 5.75 Å². The maximum Gasteiger partial charge on any atom is 0.339 e. The lowest BCUT2D eigenvalue weighted by molar-refractivity contribution is 0.0693. The number of hydrogen-bond donors (Lipinski definition) is 3. The van der Waals surface area contributed by atoms with Crippen LogP contribution in [0.5, 0.6) is 5.75 Å². The third kappa shape index (κ3) is 2.74. The van der Waals surface area contributed by atoms with Gasteiger partial charge in [-0.3, -0.25) is 4.79 Å². The highest BCUT2D eigenvalue weighted by Gasteiger charge is 2.13. The van der Waals surface area contributed by atoms with E-state index in [2.05, 4.69) is 5.32 Å². The molecule has 6 heteroatoms. The number of hydrogen-bond acceptors (Lipinski definition) is 4. The summed E-state index contributed by atoms with van der Waals surface area (Å²) in [5.41, 5.74) is 0.0494. The molecule has 0 atom stereocenters. The number of rotatable bonds is 3. The predicted molar refractivity (Wildman–Crippen MR) is 66.5 cm³/mol. The molecule has 19 heavy (non-hydrogen) atoms. The highest BCUT2D eigenvalue weighted by atomic mass is 16.4. The maximum absolute atomic E-state index is 11.8. The van der Waals surface area contributed by atoms with E-state index >= 15 is 0 Å². The first-order chi connectivity index (χ1) is 8.97. The number of carbonyl (C=O) groups is 2. The van der Waals surface area contributed by atoms with Gasteiger partial charge in [0.05, 0.1) is 0 Å². The van der Waals surface area contributed by atoms with Crippen LogP contribution in [0.2, 0.25) is 0 Å². The molecule has 0 fully saturated rings.